The zero-order chi connectivity index (χ0) is 11.1. The van der Waals surface area contributed by atoms with Crippen LogP contribution in [0.3, 0.4) is 0 Å². The first-order valence-electron chi connectivity index (χ1n) is 4.96. The van der Waals surface area contributed by atoms with Crippen molar-refractivity contribution in [3.05, 3.63) is 0 Å². The van der Waals surface area contributed by atoms with Gasteiger partial charge in [-0.15, -0.1) is 0 Å². The third-order valence-electron chi connectivity index (χ3n) is 2.41. The maximum atomic E-state index is 8.73. The predicted octanol–water partition coefficient (Wildman–Crippen LogP) is 1.23. The average molecular weight is 200 g/mol. The summed E-state index contributed by atoms with van der Waals surface area (Å²) in [7, 11) is 3.29. The van der Waals surface area contributed by atoms with E-state index in [0.29, 0.717) is 6.54 Å². The van der Waals surface area contributed by atoms with Gasteiger partial charge in [0.15, 0.2) is 6.19 Å². The molecule has 14 heavy (non-hydrogen) atoms. The topological polar surface area (TPSA) is 45.5 Å². The Morgan fingerprint density at radius 3 is 2.14 bits per heavy atom. The van der Waals surface area contributed by atoms with Crippen LogP contribution in [0.2, 0.25) is 0 Å². The number of nitrogens with zero attached hydrogens (tertiary/aromatic N) is 2. The van der Waals surface area contributed by atoms with E-state index < -0.39 is 0 Å². The summed E-state index contributed by atoms with van der Waals surface area (Å²) in [5.41, 5.74) is 0. The minimum absolute atomic E-state index is 0.00894. The number of hydrogen-bond donors (Lipinski definition) is 0. The molecule has 3 unspecified atom stereocenters. The molecule has 0 bridgehead atoms. The SMILES string of the molecule is CC.COC1CN(C#N)C(C)C1OC. The molecule has 0 aromatic heterocycles. The fraction of sp³-hybridized carbons (Fsp3) is 0.900. The normalized spacial score (nSPS) is 30.6. The summed E-state index contributed by atoms with van der Waals surface area (Å²) >= 11 is 0. The monoisotopic (exact) mass is 200 g/mol. The van der Waals surface area contributed by atoms with Crippen LogP contribution in [0.5, 0.6) is 0 Å². The quantitative estimate of drug-likeness (QED) is 0.629. The van der Waals surface area contributed by atoms with E-state index in [1.165, 1.54) is 0 Å². The van der Waals surface area contributed by atoms with Crippen LogP contribution in [0, 0.1) is 11.5 Å². The van der Waals surface area contributed by atoms with Crippen molar-refractivity contribution in [2.75, 3.05) is 20.8 Å². The molecule has 0 saturated carbocycles. The van der Waals surface area contributed by atoms with Crippen molar-refractivity contribution < 1.29 is 9.47 Å². The largest absolute Gasteiger partial charge is 0.377 e. The molecule has 82 valence electrons. The van der Waals surface area contributed by atoms with Crippen molar-refractivity contribution in [1.29, 1.82) is 5.26 Å². The van der Waals surface area contributed by atoms with Crippen LogP contribution in [0.1, 0.15) is 20.8 Å². The van der Waals surface area contributed by atoms with Gasteiger partial charge < -0.3 is 14.4 Å². The van der Waals surface area contributed by atoms with Gasteiger partial charge in [0.25, 0.3) is 0 Å². The van der Waals surface area contributed by atoms with Gasteiger partial charge in [-0.25, -0.2) is 0 Å². The molecule has 3 atom stereocenters. The first-order valence-corrected chi connectivity index (χ1v) is 4.96. The maximum Gasteiger partial charge on any atom is 0.179 e. The van der Waals surface area contributed by atoms with Gasteiger partial charge in [-0.3, -0.25) is 0 Å². The number of likely N-dealkylation sites (tertiary alicyclic amines) is 1. The number of rotatable bonds is 2. The minimum Gasteiger partial charge on any atom is -0.377 e. The van der Waals surface area contributed by atoms with Crippen LogP contribution < -0.4 is 0 Å². The van der Waals surface area contributed by atoms with Crippen LogP contribution in [0.15, 0.2) is 0 Å². The van der Waals surface area contributed by atoms with Gasteiger partial charge in [-0.2, -0.15) is 5.26 Å². The molecular formula is C10H20N2O2. The first-order chi connectivity index (χ1) is 6.74. The molecule has 1 fully saturated rings. The molecule has 1 heterocycles. The Bertz CT molecular complexity index is 191. The van der Waals surface area contributed by atoms with Gasteiger partial charge >= 0.3 is 0 Å². The highest BCUT2D eigenvalue weighted by Crippen LogP contribution is 2.21. The van der Waals surface area contributed by atoms with E-state index in [1.54, 1.807) is 19.1 Å². The highest BCUT2D eigenvalue weighted by Gasteiger charge is 2.39. The molecule has 0 amide bonds. The van der Waals surface area contributed by atoms with E-state index in [9.17, 15) is 0 Å². The lowest BCUT2D eigenvalue weighted by molar-refractivity contribution is -0.0161. The van der Waals surface area contributed by atoms with Crippen molar-refractivity contribution >= 4 is 0 Å². The van der Waals surface area contributed by atoms with Gasteiger partial charge in [-0.05, 0) is 6.92 Å². The summed E-state index contributed by atoms with van der Waals surface area (Å²) in [6.07, 6.45) is 2.14. The molecule has 1 aliphatic heterocycles. The van der Waals surface area contributed by atoms with Crippen molar-refractivity contribution in [1.82, 2.24) is 4.90 Å². The number of methoxy groups -OCH3 is 2. The Balaban J connectivity index is 0.000000791. The van der Waals surface area contributed by atoms with Crippen molar-refractivity contribution in [3.8, 4) is 6.19 Å². The van der Waals surface area contributed by atoms with Gasteiger partial charge in [-0.1, -0.05) is 13.8 Å². The number of ether oxygens (including phenoxy) is 2. The van der Waals surface area contributed by atoms with E-state index in [1.807, 2.05) is 20.8 Å². The van der Waals surface area contributed by atoms with Crippen molar-refractivity contribution in [2.24, 2.45) is 0 Å². The molecular weight excluding hydrogens is 180 g/mol. The summed E-state index contributed by atoms with van der Waals surface area (Å²) in [6.45, 7) is 6.60. The smallest absolute Gasteiger partial charge is 0.179 e. The molecule has 1 rings (SSSR count). The summed E-state index contributed by atoms with van der Waals surface area (Å²) < 4.78 is 10.4. The second-order valence-electron chi connectivity index (χ2n) is 2.97. The minimum atomic E-state index is 0.00894. The molecule has 0 N–H and O–H groups in total. The molecule has 0 spiro atoms. The van der Waals surface area contributed by atoms with Crippen molar-refractivity contribution in [2.45, 2.75) is 39.0 Å². The predicted molar refractivity (Wildman–Crippen MR) is 54.7 cm³/mol. The highest BCUT2D eigenvalue weighted by atomic mass is 16.5. The molecule has 0 aliphatic carbocycles. The lowest BCUT2D eigenvalue weighted by Gasteiger charge is -2.19. The fourth-order valence-electron chi connectivity index (χ4n) is 1.64. The van der Waals surface area contributed by atoms with Crippen LogP contribution in [0.4, 0.5) is 0 Å². The van der Waals surface area contributed by atoms with E-state index in [0.717, 1.165) is 0 Å². The van der Waals surface area contributed by atoms with Gasteiger partial charge in [0.05, 0.1) is 12.6 Å². The van der Waals surface area contributed by atoms with E-state index in [4.69, 9.17) is 14.7 Å². The summed E-state index contributed by atoms with van der Waals surface area (Å²) in [6, 6.07) is 0.116. The molecule has 0 aromatic rings. The zero-order valence-corrected chi connectivity index (χ0v) is 9.65. The summed E-state index contributed by atoms with van der Waals surface area (Å²) in [5, 5.41) is 8.73. The standard InChI is InChI=1S/C8H14N2O2.C2H6/c1-6-8(12-3)7(11-2)4-10(6)5-9;1-2/h6-8H,4H2,1-3H3;1-2H3. The van der Waals surface area contributed by atoms with Crippen LogP contribution in [-0.2, 0) is 9.47 Å². The third kappa shape index (κ3) is 2.60. The maximum absolute atomic E-state index is 8.73. The average Bonchev–Trinajstić information content (AvgIpc) is 2.57. The number of hydrogen-bond acceptors (Lipinski definition) is 4. The zero-order valence-electron chi connectivity index (χ0n) is 9.65. The highest BCUT2D eigenvalue weighted by molar-refractivity contribution is 4.98. The van der Waals surface area contributed by atoms with Crippen LogP contribution >= 0.6 is 0 Å². The van der Waals surface area contributed by atoms with Crippen molar-refractivity contribution in [3.63, 3.8) is 0 Å². The van der Waals surface area contributed by atoms with Gasteiger partial charge in [0, 0.05) is 14.2 Å². The molecule has 0 radical (unpaired) electrons. The molecule has 1 aliphatic rings. The fourth-order valence-corrected chi connectivity index (χ4v) is 1.64. The van der Waals surface area contributed by atoms with Gasteiger partial charge in [0.1, 0.15) is 12.2 Å². The van der Waals surface area contributed by atoms with Gasteiger partial charge in [0.2, 0.25) is 0 Å². The Morgan fingerprint density at radius 2 is 1.86 bits per heavy atom. The van der Waals surface area contributed by atoms with E-state index in [-0.39, 0.29) is 18.2 Å². The Morgan fingerprint density at radius 1 is 1.29 bits per heavy atom. The Labute approximate surface area is 86.4 Å². The summed E-state index contributed by atoms with van der Waals surface area (Å²) in [4.78, 5) is 1.68. The Hall–Kier alpha value is -0.790. The Kier molecular flexibility index (Phi) is 6.26. The molecule has 4 heteroatoms. The second kappa shape index (κ2) is 6.63. The molecule has 1 saturated heterocycles. The van der Waals surface area contributed by atoms with E-state index in [2.05, 4.69) is 6.19 Å². The molecule has 0 aromatic carbocycles. The third-order valence-corrected chi connectivity index (χ3v) is 2.41. The first kappa shape index (κ1) is 13.2. The lowest BCUT2D eigenvalue weighted by Crippen LogP contribution is -2.33. The molecule has 4 nitrogen and oxygen atoms in total. The van der Waals surface area contributed by atoms with Crippen LogP contribution in [-0.4, -0.2) is 43.9 Å². The summed E-state index contributed by atoms with van der Waals surface area (Å²) in [5.74, 6) is 0. The lowest BCUT2D eigenvalue weighted by atomic mass is 10.1. The van der Waals surface area contributed by atoms with Crippen LogP contribution in [0.25, 0.3) is 0 Å². The van der Waals surface area contributed by atoms with E-state index >= 15 is 0 Å². The second-order valence-corrected chi connectivity index (χ2v) is 2.97. The number of nitriles is 1.